The van der Waals surface area contributed by atoms with Crippen LogP contribution in [0.4, 0.5) is 5.69 Å². The highest BCUT2D eigenvalue weighted by molar-refractivity contribution is 6.15. The Kier molecular flexibility index (Phi) is 5.64. The van der Waals surface area contributed by atoms with Crippen LogP contribution in [0.1, 0.15) is 18.4 Å². The van der Waals surface area contributed by atoms with Crippen LogP contribution in [0.2, 0.25) is 0 Å². The third-order valence-electron chi connectivity index (χ3n) is 7.52. The summed E-state index contributed by atoms with van der Waals surface area (Å²) in [5.41, 5.74) is 11.2. The molecule has 0 radical (unpaired) electrons. The highest BCUT2D eigenvalue weighted by Crippen LogP contribution is 2.38. The SMILES string of the molecule is C1=C(Nc2cccc3c2c2ccccc2n3-c2ccccc2)CCC(c2ccc(-c3ccccc3)cc2)=C1. The molecule has 0 bridgehead atoms. The summed E-state index contributed by atoms with van der Waals surface area (Å²) in [7, 11) is 0. The number of hydrogen-bond acceptors (Lipinski definition) is 1. The average molecular weight is 489 g/mol. The van der Waals surface area contributed by atoms with Gasteiger partial charge in [0.25, 0.3) is 0 Å². The number of para-hydroxylation sites is 2. The van der Waals surface area contributed by atoms with E-state index in [0.717, 1.165) is 18.5 Å². The molecule has 1 heterocycles. The van der Waals surface area contributed by atoms with Gasteiger partial charge in [-0.05, 0) is 71.5 Å². The van der Waals surface area contributed by atoms with Crippen molar-refractivity contribution in [1.82, 2.24) is 4.57 Å². The first-order valence-corrected chi connectivity index (χ1v) is 13.3. The molecule has 0 saturated heterocycles. The lowest BCUT2D eigenvalue weighted by atomic mass is 9.94. The molecule has 1 N–H and O–H groups in total. The van der Waals surface area contributed by atoms with E-state index >= 15 is 0 Å². The van der Waals surface area contributed by atoms with Crippen LogP contribution in [0.3, 0.4) is 0 Å². The third kappa shape index (κ3) is 4.01. The van der Waals surface area contributed by atoms with E-state index in [2.05, 4.69) is 149 Å². The second-order valence-electron chi connectivity index (χ2n) is 9.84. The first-order valence-electron chi connectivity index (χ1n) is 13.3. The van der Waals surface area contributed by atoms with Gasteiger partial charge in [-0.15, -0.1) is 0 Å². The maximum absolute atomic E-state index is 3.79. The molecule has 1 aliphatic carbocycles. The average Bonchev–Trinajstić information content (AvgIpc) is 3.34. The van der Waals surface area contributed by atoms with Gasteiger partial charge in [0.1, 0.15) is 0 Å². The van der Waals surface area contributed by atoms with Crippen molar-refractivity contribution in [3.8, 4) is 16.8 Å². The Balaban J connectivity index is 1.21. The van der Waals surface area contributed by atoms with Crippen LogP contribution in [0.15, 0.2) is 145 Å². The molecule has 0 spiro atoms. The lowest BCUT2D eigenvalue weighted by Gasteiger charge is -2.18. The molecule has 182 valence electrons. The second kappa shape index (κ2) is 9.57. The molecule has 0 fully saturated rings. The van der Waals surface area contributed by atoms with Gasteiger partial charge < -0.3 is 9.88 Å². The van der Waals surface area contributed by atoms with Gasteiger partial charge in [-0.3, -0.25) is 0 Å². The maximum Gasteiger partial charge on any atom is 0.0562 e. The first kappa shape index (κ1) is 22.4. The van der Waals surface area contributed by atoms with Gasteiger partial charge in [-0.25, -0.2) is 0 Å². The molecule has 6 aromatic rings. The van der Waals surface area contributed by atoms with E-state index in [1.54, 1.807) is 0 Å². The maximum atomic E-state index is 3.79. The fourth-order valence-corrected chi connectivity index (χ4v) is 5.64. The molecule has 0 unspecified atom stereocenters. The topological polar surface area (TPSA) is 17.0 Å². The highest BCUT2D eigenvalue weighted by Gasteiger charge is 2.16. The molecule has 1 aliphatic rings. The fourth-order valence-electron chi connectivity index (χ4n) is 5.64. The van der Waals surface area contributed by atoms with Crippen molar-refractivity contribution < 1.29 is 0 Å². The van der Waals surface area contributed by atoms with Gasteiger partial charge in [-0.2, -0.15) is 0 Å². The number of rotatable bonds is 5. The zero-order valence-electron chi connectivity index (χ0n) is 21.1. The van der Waals surface area contributed by atoms with Crippen molar-refractivity contribution in [2.45, 2.75) is 12.8 Å². The summed E-state index contributed by atoms with van der Waals surface area (Å²) in [6.07, 6.45) is 6.53. The Labute approximate surface area is 223 Å². The first-order chi connectivity index (χ1) is 18.8. The normalized spacial score (nSPS) is 13.4. The van der Waals surface area contributed by atoms with E-state index < -0.39 is 0 Å². The van der Waals surface area contributed by atoms with Crippen LogP contribution in [0, 0.1) is 0 Å². The molecule has 0 amide bonds. The number of fused-ring (bicyclic) bond motifs is 3. The number of nitrogens with one attached hydrogen (secondary N) is 1. The van der Waals surface area contributed by atoms with Gasteiger partial charge in [0.15, 0.2) is 0 Å². The zero-order chi connectivity index (χ0) is 25.3. The fraction of sp³-hybridized carbons (Fsp3) is 0.0556. The minimum Gasteiger partial charge on any atom is -0.358 e. The predicted octanol–water partition coefficient (Wildman–Crippen LogP) is 9.62. The van der Waals surface area contributed by atoms with Crippen molar-refractivity contribution in [3.05, 3.63) is 151 Å². The standard InChI is InChI=1S/C36H28N2/c1-3-10-26(11-4-1)27-18-20-28(21-19-27)29-22-24-30(25-23-29)37-33-15-9-17-35-36(33)32-14-7-8-16-34(32)38(35)31-12-5-2-6-13-31/h1-22,24,37H,23,25H2. The summed E-state index contributed by atoms with van der Waals surface area (Å²) in [5, 5.41) is 6.31. The summed E-state index contributed by atoms with van der Waals surface area (Å²) >= 11 is 0. The molecule has 5 aromatic carbocycles. The smallest absolute Gasteiger partial charge is 0.0562 e. The van der Waals surface area contributed by atoms with Crippen LogP contribution in [0.25, 0.3) is 44.2 Å². The van der Waals surface area contributed by atoms with E-state index in [1.807, 2.05) is 0 Å². The second-order valence-corrected chi connectivity index (χ2v) is 9.84. The van der Waals surface area contributed by atoms with E-state index in [1.165, 1.54) is 55.5 Å². The molecule has 2 nitrogen and oxygen atoms in total. The number of aromatic nitrogens is 1. The summed E-state index contributed by atoms with van der Waals surface area (Å²) < 4.78 is 2.36. The van der Waals surface area contributed by atoms with Crippen LogP contribution in [-0.4, -0.2) is 4.57 Å². The van der Waals surface area contributed by atoms with Gasteiger partial charge in [-0.1, -0.05) is 103 Å². The Morgan fingerprint density at radius 3 is 1.92 bits per heavy atom. The Morgan fingerprint density at radius 2 is 1.16 bits per heavy atom. The summed E-state index contributed by atoms with van der Waals surface area (Å²) in [4.78, 5) is 0. The van der Waals surface area contributed by atoms with Crippen LogP contribution < -0.4 is 5.32 Å². The molecule has 2 heteroatoms. The number of hydrogen-bond donors (Lipinski definition) is 1. The molecular weight excluding hydrogens is 460 g/mol. The Morgan fingerprint density at radius 1 is 0.500 bits per heavy atom. The summed E-state index contributed by atoms with van der Waals surface area (Å²) in [6, 6.07) is 45.4. The number of benzene rings is 5. The van der Waals surface area contributed by atoms with Crippen molar-refractivity contribution in [3.63, 3.8) is 0 Å². The van der Waals surface area contributed by atoms with Crippen molar-refractivity contribution in [2.24, 2.45) is 0 Å². The van der Waals surface area contributed by atoms with E-state index in [4.69, 9.17) is 0 Å². The molecule has 1 aromatic heterocycles. The van der Waals surface area contributed by atoms with Crippen LogP contribution >= 0.6 is 0 Å². The molecule has 0 saturated carbocycles. The molecule has 0 aliphatic heterocycles. The van der Waals surface area contributed by atoms with Gasteiger partial charge in [0.2, 0.25) is 0 Å². The summed E-state index contributed by atoms with van der Waals surface area (Å²) in [5.74, 6) is 0. The van der Waals surface area contributed by atoms with E-state index in [-0.39, 0.29) is 0 Å². The van der Waals surface area contributed by atoms with E-state index in [9.17, 15) is 0 Å². The van der Waals surface area contributed by atoms with Crippen LogP contribution in [0.5, 0.6) is 0 Å². The Bertz CT molecular complexity index is 1800. The quantitative estimate of drug-likeness (QED) is 0.256. The van der Waals surface area contributed by atoms with Crippen molar-refractivity contribution in [2.75, 3.05) is 5.32 Å². The van der Waals surface area contributed by atoms with E-state index in [0.29, 0.717) is 0 Å². The number of anilines is 1. The van der Waals surface area contributed by atoms with Gasteiger partial charge >= 0.3 is 0 Å². The summed E-state index contributed by atoms with van der Waals surface area (Å²) in [6.45, 7) is 0. The number of nitrogens with zero attached hydrogens (tertiary/aromatic N) is 1. The van der Waals surface area contributed by atoms with Gasteiger partial charge in [0.05, 0.1) is 11.0 Å². The number of allylic oxidation sites excluding steroid dienone is 4. The highest BCUT2D eigenvalue weighted by atomic mass is 15.0. The Hall–Kier alpha value is -4.82. The largest absolute Gasteiger partial charge is 0.358 e. The van der Waals surface area contributed by atoms with Crippen LogP contribution in [-0.2, 0) is 0 Å². The van der Waals surface area contributed by atoms with Gasteiger partial charge in [0, 0.05) is 27.8 Å². The van der Waals surface area contributed by atoms with Crippen molar-refractivity contribution >= 4 is 33.1 Å². The lowest BCUT2D eigenvalue weighted by molar-refractivity contribution is 0.983. The predicted molar refractivity (Wildman–Crippen MR) is 162 cm³/mol. The monoisotopic (exact) mass is 488 g/mol. The lowest BCUT2D eigenvalue weighted by Crippen LogP contribution is -2.03. The molecule has 7 rings (SSSR count). The molecule has 38 heavy (non-hydrogen) atoms. The zero-order valence-corrected chi connectivity index (χ0v) is 21.1. The minimum absolute atomic E-state index is 0.986. The third-order valence-corrected chi connectivity index (χ3v) is 7.52. The molecular formula is C36H28N2. The van der Waals surface area contributed by atoms with Crippen molar-refractivity contribution in [1.29, 1.82) is 0 Å². The molecule has 0 atom stereocenters. The minimum atomic E-state index is 0.986.